The number of hydrogen-bond donors (Lipinski definition) is 2. The number of aliphatic hydroxyl groups excluding tert-OH is 1. The zero-order chi connectivity index (χ0) is 11.0. The maximum atomic E-state index is 9.94. The number of rotatable bonds is 1. The van der Waals surface area contributed by atoms with E-state index in [2.05, 4.69) is 21.8 Å². The van der Waals surface area contributed by atoms with E-state index in [1.54, 1.807) is 0 Å². The third kappa shape index (κ3) is 1.79. The van der Waals surface area contributed by atoms with Gasteiger partial charge in [0.25, 0.3) is 0 Å². The Morgan fingerprint density at radius 2 is 2.20 bits per heavy atom. The smallest absolute Gasteiger partial charge is 0.105 e. The maximum Gasteiger partial charge on any atom is 0.105 e. The van der Waals surface area contributed by atoms with Crippen LogP contribution in [0.25, 0.3) is 0 Å². The van der Waals surface area contributed by atoms with E-state index in [0.29, 0.717) is 0 Å². The van der Waals surface area contributed by atoms with E-state index in [1.807, 2.05) is 14.0 Å². The Kier molecular flexibility index (Phi) is 2.80. The van der Waals surface area contributed by atoms with Gasteiger partial charge in [-0.05, 0) is 33.2 Å². The highest BCUT2D eigenvalue weighted by atomic mass is 16.3. The Bertz CT molecular complexity index is 359. The molecule has 0 aliphatic carbocycles. The molecule has 2 N–H and O–H groups in total. The predicted molar refractivity (Wildman–Crippen MR) is 58.7 cm³/mol. The molecular weight excluding hydrogens is 190 g/mol. The SMILES string of the molecule is Cc1nc(C2NCCCC2O)c(C)n1C. The predicted octanol–water partition coefficient (Wildman–Crippen LogP) is 0.822. The molecule has 0 amide bonds. The van der Waals surface area contributed by atoms with Crippen molar-refractivity contribution in [3.05, 3.63) is 17.2 Å². The van der Waals surface area contributed by atoms with Crippen molar-refractivity contribution in [3.63, 3.8) is 0 Å². The molecule has 84 valence electrons. The van der Waals surface area contributed by atoms with Gasteiger partial charge in [-0.1, -0.05) is 0 Å². The quantitative estimate of drug-likeness (QED) is 0.720. The van der Waals surface area contributed by atoms with E-state index in [-0.39, 0.29) is 12.1 Å². The summed E-state index contributed by atoms with van der Waals surface area (Å²) in [5.41, 5.74) is 2.15. The van der Waals surface area contributed by atoms with E-state index in [9.17, 15) is 5.11 Å². The van der Waals surface area contributed by atoms with Gasteiger partial charge in [0, 0.05) is 12.7 Å². The van der Waals surface area contributed by atoms with Crippen LogP contribution in [0.5, 0.6) is 0 Å². The van der Waals surface area contributed by atoms with Crippen LogP contribution in [-0.2, 0) is 7.05 Å². The summed E-state index contributed by atoms with van der Waals surface area (Å²) >= 11 is 0. The fourth-order valence-electron chi connectivity index (χ4n) is 2.19. The molecular formula is C11H19N3O. The number of aryl methyl sites for hydroxylation is 1. The fraction of sp³-hybridized carbons (Fsp3) is 0.727. The molecule has 1 saturated heterocycles. The minimum atomic E-state index is -0.299. The number of hydrogen-bond acceptors (Lipinski definition) is 3. The molecule has 1 fully saturated rings. The summed E-state index contributed by atoms with van der Waals surface area (Å²) in [6.45, 7) is 5.01. The van der Waals surface area contributed by atoms with Crippen LogP contribution in [0.4, 0.5) is 0 Å². The first-order valence-corrected chi connectivity index (χ1v) is 5.52. The molecule has 1 aliphatic heterocycles. The minimum absolute atomic E-state index is 0.0126. The lowest BCUT2D eigenvalue weighted by atomic mass is 9.98. The third-order valence-electron chi connectivity index (χ3n) is 3.36. The summed E-state index contributed by atoms with van der Waals surface area (Å²) in [6, 6.07) is 0.0126. The van der Waals surface area contributed by atoms with Crippen molar-refractivity contribution in [1.82, 2.24) is 14.9 Å². The van der Waals surface area contributed by atoms with Crippen molar-refractivity contribution in [2.24, 2.45) is 7.05 Å². The Labute approximate surface area is 90.3 Å². The summed E-state index contributed by atoms with van der Waals surface area (Å²) < 4.78 is 2.07. The first-order valence-electron chi connectivity index (χ1n) is 5.52. The first-order chi connectivity index (χ1) is 7.11. The van der Waals surface area contributed by atoms with Gasteiger partial charge in [-0.15, -0.1) is 0 Å². The van der Waals surface area contributed by atoms with Crippen molar-refractivity contribution in [2.45, 2.75) is 38.8 Å². The number of aliphatic hydroxyl groups is 1. The Hall–Kier alpha value is -0.870. The van der Waals surface area contributed by atoms with Gasteiger partial charge in [0.05, 0.1) is 17.8 Å². The molecule has 1 aromatic rings. The van der Waals surface area contributed by atoms with Gasteiger partial charge in [-0.25, -0.2) is 4.98 Å². The second kappa shape index (κ2) is 3.94. The van der Waals surface area contributed by atoms with Crippen molar-refractivity contribution >= 4 is 0 Å². The molecule has 0 bridgehead atoms. The summed E-state index contributed by atoms with van der Waals surface area (Å²) in [4.78, 5) is 4.52. The summed E-state index contributed by atoms with van der Waals surface area (Å²) in [5.74, 6) is 1.00. The Morgan fingerprint density at radius 1 is 1.47 bits per heavy atom. The topological polar surface area (TPSA) is 50.1 Å². The summed E-state index contributed by atoms with van der Waals surface area (Å²) in [6.07, 6.45) is 1.61. The van der Waals surface area contributed by atoms with Crippen LogP contribution in [0.2, 0.25) is 0 Å². The number of imidazole rings is 1. The normalized spacial score (nSPS) is 26.9. The van der Waals surface area contributed by atoms with Crippen LogP contribution >= 0.6 is 0 Å². The lowest BCUT2D eigenvalue weighted by Gasteiger charge is -2.28. The van der Waals surface area contributed by atoms with Crippen LogP contribution in [0.3, 0.4) is 0 Å². The highest BCUT2D eigenvalue weighted by molar-refractivity contribution is 5.20. The van der Waals surface area contributed by atoms with E-state index >= 15 is 0 Å². The second-order valence-electron chi connectivity index (χ2n) is 4.33. The molecule has 2 atom stereocenters. The number of nitrogens with zero attached hydrogens (tertiary/aromatic N) is 2. The van der Waals surface area contributed by atoms with E-state index in [4.69, 9.17) is 0 Å². The van der Waals surface area contributed by atoms with Crippen LogP contribution < -0.4 is 5.32 Å². The van der Waals surface area contributed by atoms with Gasteiger partial charge in [-0.2, -0.15) is 0 Å². The van der Waals surface area contributed by atoms with Crippen LogP contribution in [0, 0.1) is 13.8 Å². The molecule has 0 saturated carbocycles. The van der Waals surface area contributed by atoms with Crippen molar-refractivity contribution < 1.29 is 5.11 Å². The molecule has 4 heteroatoms. The Morgan fingerprint density at radius 3 is 2.73 bits per heavy atom. The maximum absolute atomic E-state index is 9.94. The lowest BCUT2D eigenvalue weighted by molar-refractivity contribution is 0.0945. The minimum Gasteiger partial charge on any atom is -0.391 e. The fourth-order valence-corrected chi connectivity index (χ4v) is 2.19. The van der Waals surface area contributed by atoms with Gasteiger partial charge >= 0.3 is 0 Å². The van der Waals surface area contributed by atoms with Gasteiger partial charge < -0.3 is 15.0 Å². The molecule has 2 unspecified atom stereocenters. The van der Waals surface area contributed by atoms with Gasteiger partial charge in [0.15, 0.2) is 0 Å². The highest BCUT2D eigenvalue weighted by Gasteiger charge is 2.28. The largest absolute Gasteiger partial charge is 0.391 e. The lowest BCUT2D eigenvalue weighted by Crippen LogP contribution is -2.38. The zero-order valence-electron chi connectivity index (χ0n) is 9.62. The number of nitrogens with one attached hydrogen (secondary N) is 1. The molecule has 0 spiro atoms. The van der Waals surface area contributed by atoms with Crippen molar-refractivity contribution in [2.75, 3.05) is 6.54 Å². The molecule has 1 aromatic heterocycles. The van der Waals surface area contributed by atoms with Gasteiger partial charge in [0.1, 0.15) is 5.82 Å². The molecule has 15 heavy (non-hydrogen) atoms. The standard InChI is InChI=1S/C11H19N3O/c1-7-10(13-8(2)14(7)3)11-9(15)5-4-6-12-11/h9,11-12,15H,4-6H2,1-3H3. The summed E-state index contributed by atoms with van der Waals surface area (Å²) in [7, 11) is 2.01. The molecule has 0 radical (unpaired) electrons. The second-order valence-corrected chi connectivity index (χ2v) is 4.33. The van der Waals surface area contributed by atoms with Gasteiger partial charge in [-0.3, -0.25) is 0 Å². The molecule has 2 heterocycles. The van der Waals surface area contributed by atoms with Crippen LogP contribution in [0.1, 0.15) is 36.1 Å². The van der Waals surface area contributed by atoms with Gasteiger partial charge in [0.2, 0.25) is 0 Å². The van der Waals surface area contributed by atoms with E-state index in [1.165, 1.54) is 0 Å². The van der Waals surface area contributed by atoms with E-state index < -0.39 is 0 Å². The average molecular weight is 209 g/mol. The summed E-state index contributed by atoms with van der Waals surface area (Å²) in [5, 5.41) is 13.3. The van der Waals surface area contributed by atoms with Crippen LogP contribution in [0.15, 0.2) is 0 Å². The molecule has 4 nitrogen and oxygen atoms in total. The van der Waals surface area contributed by atoms with Crippen LogP contribution in [-0.4, -0.2) is 27.3 Å². The number of aromatic nitrogens is 2. The Balaban J connectivity index is 2.31. The molecule has 2 rings (SSSR count). The van der Waals surface area contributed by atoms with Crippen molar-refractivity contribution in [3.8, 4) is 0 Å². The van der Waals surface area contributed by atoms with E-state index in [0.717, 1.165) is 36.6 Å². The molecule has 1 aliphatic rings. The molecule has 0 aromatic carbocycles. The highest BCUT2D eigenvalue weighted by Crippen LogP contribution is 2.25. The zero-order valence-corrected chi connectivity index (χ0v) is 9.62. The van der Waals surface area contributed by atoms with Crippen molar-refractivity contribution in [1.29, 1.82) is 0 Å². The first kappa shape index (κ1) is 10.6. The number of piperidine rings is 1. The third-order valence-corrected chi connectivity index (χ3v) is 3.36. The monoisotopic (exact) mass is 209 g/mol. The average Bonchev–Trinajstić information content (AvgIpc) is 2.47.